The van der Waals surface area contributed by atoms with Crippen molar-refractivity contribution in [3.63, 3.8) is 0 Å². The second-order valence-corrected chi connectivity index (χ2v) is 6.44. The number of nitrogens with one attached hydrogen (secondary N) is 2. The van der Waals surface area contributed by atoms with Gasteiger partial charge < -0.3 is 19.9 Å². The number of amides is 2. The van der Waals surface area contributed by atoms with E-state index in [0.29, 0.717) is 17.8 Å². The number of halogens is 3. The van der Waals surface area contributed by atoms with Gasteiger partial charge in [0.25, 0.3) is 5.56 Å². The molecule has 7 nitrogen and oxygen atoms in total. The lowest BCUT2D eigenvalue weighted by Gasteiger charge is -2.29. The van der Waals surface area contributed by atoms with Crippen molar-refractivity contribution in [1.29, 1.82) is 0 Å². The van der Waals surface area contributed by atoms with Gasteiger partial charge in [-0.2, -0.15) is 13.2 Å². The van der Waals surface area contributed by atoms with Crippen molar-refractivity contribution < 1.29 is 27.5 Å². The number of nitrogens with zero attached hydrogens (tertiary/aromatic N) is 1. The van der Waals surface area contributed by atoms with Gasteiger partial charge in [0.15, 0.2) is 0 Å². The zero-order valence-electron chi connectivity index (χ0n) is 15.8. The summed E-state index contributed by atoms with van der Waals surface area (Å²) in [7, 11) is 0. The number of alkyl halides is 3. The summed E-state index contributed by atoms with van der Waals surface area (Å²) in [5, 5.41) is 5.04. The van der Waals surface area contributed by atoms with E-state index >= 15 is 0 Å². The van der Waals surface area contributed by atoms with Crippen molar-refractivity contribution in [2.75, 3.05) is 6.61 Å². The van der Waals surface area contributed by atoms with E-state index in [1.807, 2.05) is 0 Å². The molecule has 0 fully saturated rings. The number of benzene rings is 1. The number of rotatable bonds is 5. The molecule has 0 saturated carbocycles. The molecule has 3 rings (SSSR count). The molecule has 2 N–H and O–H groups in total. The van der Waals surface area contributed by atoms with Gasteiger partial charge in [-0.15, -0.1) is 0 Å². The Labute approximate surface area is 169 Å². The van der Waals surface area contributed by atoms with Gasteiger partial charge in [-0.3, -0.25) is 4.79 Å². The van der Waals surface area contributed by atoms with Crippen LogP contribution < -0.4 is 16.2 Å². The first-order valence-electron chi connectivity index (χ1n) is 9.01. The molecule has 0 radical (unpaired) electrons. The SMILES string of the molecule is CCOC(=O)C1=C(Cn2cc(C(F)(F)F)ccc2=O)NC(=O)NC1c1ccccc1. The monoisotopic (exact) mass is 421 g/mol. The maximum Gasteiger partial charge on any atom is 0.417 e. The zero-order valence-corrected chi connectivity index (χ0v) is 15.8. The molecule has 2 aromatic rings. The molecule has 2 heterocycles. The van der Waals surface area contributed by atoms with Crippen LogP contribution in [0.25, 0.3) is 0 Å². The number of aromatic nitrogens is 1. The highest BCUT2D eigenvalue weighted by atomic mass is 19.4. The van der Waals surface area contributed by atoms with Gasteiger partial charge in [0, 0.05) is 12.3 Å². The Hall–Kier alpha value is -3.56. The predicted octanol–water partition coefficient (Wildman–Crippen LogP) is 2.74. The standard InChI is InChI=1S/C20H18F3N3O4/c1-2-30-18(28)16-14(11-26-10-13(20(21,22)23)8-9-15(26)27)24-19(29)25-17(16)12-6-4-3-5-7-12/h3-10,17H,2,11H2,1H3,(H2,24,25,29). The summed E-state index contributed by atoms with van der Waals surface area (Å²) < 4.78 is 45.0. The second-order valence-electron chi connectivity index (χ2n) is 6.44. The van der Waals surface area contributed by atoms with Crippen molar-refractivity contribution in [3.05, 3.63) is 81.4 Å². The van der Waals surface area contributed by atoms with Crippen LogP contribution in [-0.4, -0.2) is 23.2 Å². The topological polar surface area (TPSA) is 89.4 Å². The molecule has 0 spiro atoms. The van der Waals surface area contributed by atoms with Crippen molar-refractivity contribution in [3.8, 4) is 0 Å². The van der Waals surface area contributed by atoms with E-state index in [2.05, 4.69) is 10.6 Å². The molecule has 0 aliphatic carbocycles. The predicted molar refractivity (Wildman–Crippen MR) is 100 cm³/mol. The van der Waals surface area contributed by atoms with Crippen molar-refractivity contribution in [2.24, 2.45) is 0 Å². The fourth-order valence-electron chi connectivity index (χ4n) is 3.08. The van der Waals surface area contributed by atoms with Gasteiger partial charge in [0.2, 0.25) is 0 Å². The zero-order chi connectivity index (χ0) is 21.9. The van der Waals surface area contributed by atoms with Crippen LogP contribution in [0.5, 0.6) is 0 Å². The van der Waals surface area contributed by atoms with Crippen LogP contribution in [0.15, 0.2) is 64.7 Å². The van der Waals surface area contributed by atoms with Crippen LogP contribution in [0, 0.1) is 0 Å². The smallest absolute Gasteiger partial charge is 0.417 e. The summed E-state index contributed by atoms with van der Waals surface area (Å²) in [6.07, 6.45) is -4.01. The fraction of sp³-hybridized carbons (Fsp3) is 0.250. The van der Waals surface area contributed by atoms with Gasteiger partial charge in [0.1, 0.15) is 0 Å². The summed E-state index contributed by atoms with van der Waals surface area (Å²) in [5.41, 5.74) is -1.19. The minimum absolute atomic E-state index is 0.00645. The highest BCUT2D eigenvalue weighted by molar-refractivity contribution is 5.95. The molecule has 158 valence electrons. The number of allylic oxidation sites excluding steroid dienone is 1. The Kier molecular flexibility index (Phi) is 5.95. The summed E-state index contributed by atoms with van der Waals surface area (Å²) in [6.45, 7) is 1.20. The van der Waals surface area contributed by atoms with E-state index in [1.165, 1.54) is 0 Å². The molecule has 1 unspecified atom stereocenters. The lowest BCUT2D eigenvalue weighted by molar-refractivity contribution is -0.139. The molecule has 30 heavy (non-hydrogen) atoms. The second kappa shape index (κ2) is 8.44. The first-order chi connectivity index (χ1) is 14.2. The summed E-state index contributed by atoms with van der Waals surface area (Å²) in [6, 6.07) is 8.45. The van der Waals surface area contributed by atoms with E-state index < -0.39 is 41.9 Å². The van der Waals surface area contributed by atoms with Crippen molar-refractivity contribution >= 4 is 12.0 Å². The van der Waals surface area contributed by atoms with E-state index in [9.17, 15) is 27.6 Å². The number of hydrogen-bond acceptors (Lipinski definition) is 4. The highest BCUT2D eigenvalue weighted by Crippen LogP contribution is 2.30. The van der Waals surface area contributed by atoms with Crippen LogP contribution in [0.2, 0.25) is 0 Å². The Morgan fingerprint density at radius 3 is 2.47 bits per heavy atom. The summed E-state index contributed by atoms with van der Waals surface area (Å²) in [4.78, 5) is 37.0. The molecule has 1 aliphatic heterocycles. The largest absolute Gasteiger partial charge is 0.463 e. The summed E-state index contributed by atoms with van der Waals surface area (Å²) >= 11 is 0. The van der Waals surface area contributed by atoms with Gasteiger partial charge in [-0.25, -0.2) is 9.59 Å². The molecule has 1 aromatic carbocycles. The number of pyridine rings is 1. The van der Waals surface area contributed by atoms with Gasteiger partial charge in [0.05, 0.1) is 36.0 Å². The van der Waals surface area contributed by atoms with Crippen LogP contribution in [0.4, 0.5) is 18.0 Å². The lowest BCUT2D eigenvalue weighted by Crippen LogP contribution is -2.47. The molecule has 1 aromatic heterocycles. The maximum absolute atomic E-state index is 13.0. The van der Waals surface area contributed by atoms with Crippen LogP contribution in [-0.2, 0) is 22.3 Å². The highest BCUT2D eigenvalue weighted by Gasteiger charge is 2.35. The number of carbonyl (C=O) groups is 2. The Morgan fingerprint density at radius 2 is 1.83 bits per heavy atom. The molecule has 0 bridgehead atoms. The Morgan fingerprint density at radius 1 is 1.13 bits per heavy atom. The van der Waals surface area contributed by atoms with Crippen molar-refractivity contribution in [1.82, 2.24) is 15.2 Å². The molecule has 1 aliphatic rings. The minimum atomic E-state index is -4.66. The number of hydrogen-bond donors (Lipinski definition) is 2. The van der Waals surface area contributed by atoms with Gasteiger partial charge in [-0.05, 0) is 18.6 Å². The molecular weight excluding hydrogens is 403 g/mol. The quantitative estimate of drug-likeness (QED) is 0.727. The number of urea groups is 1. The van der Waals surface area contributed by atoms with Crippen LogP contribution in [0.1, 0.15) is 24.1 Å². The fourth-order valence-corrected chi connectivity index (χ4v) is 3.08. The van der Waals surface area contributed by atoms with E-state index in [-0.39, 0.29) is 17.9 Å². The average Bonchev–Trinajstić information content (AvgIpc) is 2.69. The number of esters is 1. The number of carbonyl (C=O) groups excluding carboxylic acids is 2. The first-order valence-corrected chi connectivity index (χ1v) is 9.01. The first kappa shape index (κ1) is 21.2. The maximum atomic E-state index is 13.0. The van der Waals surface area contributed by atoms with Gasteiger partial charge >= 0.3 is 18.2 Å². The third kappa shape index (κ3) is 4.53. The molecule has 2 amide bonds. The van der Waals surface area contributed by atoms with Gasteiger partial charge in [-0.1, -0.05) is 30.3 Å². The van der Waals surface area contributed by atoms with E-state index in [0.717, 1.165) is 10.6 Å². The summed E-state index contributed by atoms with van der Waals surface area (Å²) in [5.74, 6) is -0.756. The average molecular weight is 421 g/mol. The van der Waals surface area contributed by atoms with Crippen molar-refractivity contribution in [2.45, 2.75) is 25.7 Å². The molecule has 0 saturated heterocycles. The molecular formula is C20H18F3N3O4. The normalized spacial score (nSPS) is 16.7. The Bertz CT molecular complexity index is 1050. The van der Waals surface area contributed by atoms with Crippen LogP contribution in [0.3, 0.4) is 0 Å². The molecule has 1 atom stereocenters. The third-order valence-electron chi connectivity index (χ3n) is 4.42. The lowest BCUT2D eigenvalue weighted by atomic mass is 9.95. The molecule has 10 heteroatoms. The minimum Gasteiger partial charge on any atom is -0.463 e. The Balaban J connectivity index is 2.11. The van der Waals surface area contributed by atoms with Crippen LogP contribution >= 0.6 is 0 Å². The third-order valence-corrected chi connectivity index (χ3v) is 4.42. The number of ether oxygens (including phenoxy) is 1. The van der Waals surface area contributed by atoms with E-state index in [1.54, 1.807) is 37.3 Å². The van der Waals surface area contributed by atoms with E-state index in [4.69, 9.17) is 4.74 Å².